The summed E-state index contributed by atoms with van der Waals surface area (Å²) in [6.07, 6.45) is 6.70. The van der Waals surface area contributed by atoms with E-state index in [-0.39, 0.29) is 0 Å². The molecule has 2 saturated carbocycles. The molecule has 0 unspecified atom stereocenters. The standard InChI is InChI=1S/C14H18ClN/c15-13-7-2-1-6-12(13)14(8-9-14)10-16-11-4-3-5-11/h1-2,6-7,11,16H,3-5,8-10H2. The van der Waals surface area contributed by atoms with Gasteiger partial charge in [-0.3, -0.25) is 0 Å². The highest BCUT2D eigenvalue weighted by atomic mass is 35.5. The van der Waals surface area contributed by atoms with Crippen molar-refractivity contribution in [2.45, 2.75) is 43.6 Å². The van der Waals surface area contributed by atoms with Gasteiger partial charge in [0.15, 0.2) is 0 Å². The zero-order valence-electron chi connectivity index (χ0n) is 9.51. The van der Waals surface area contributed by atoms with Crippen molar-refractivity contribution in [1.29, 1.82) is 0 Å². The van der Waals surface area contributed by atoms with Gasteiger partial charge >= 0.3 is 0 Å². The SMILES string of the molecule is Clc1ccccc1C1(CNC2CCC2)CC1. The molecule has 16 heavy (non-hydrogen) atoms. The first-order valence-corrected chi connectivity index (χ1v) is 6.66. The van der Waals surface area contributed by atoms with Crippen LogP contribution >= 0.6 is 11.6 Å². The average Bonchev–Trinajstić information content (AvgIpc) is 2.97. The molecule has 0 spiro atoms. The van der Waals surface area contributed by atoms with Gasteiger partial charge in [0.2, 0.25) is 0 Å². The Bertz CT molecular complexity index is 380. The van der Waals surface area contributed by atoms with Crippen molar-refractivity contribution in [2.24, 2.45) is 0 Å². The van der Waals surface area contributed by atoms with Crippen molar-refractivity contribution < 1.29 is 0 Å². The Labute approximate surface area is 102 Å². The Morgan fingerprint density at radius 2 is 2.00 bits per heavy atom. The maximum Gasteiger partial charge on any atom is 0.0444 e. The van der Waals surface area contributed by atoms with Crippen LogP contribution in [0.5, 0.6) is 0 Å². The van der Waals surface area contributed by atoms with Crippen molar-refractivity contribution >= 4 is 11.6 Å². The minimum atomic E-state index is 0.355. The van der Waals surface area contributed by atoms with E-state index in [0.29, 0.717) is 5.41 Å². The molecule has 1 aromatic rings. The van der Waals surface area contributed by atoms with Crippen LogP contribution in [0.4, 0.5) is 0 Å². The van der Waals surface area contributed by atoms with Gasteiger partial charge in [-0.15, -0.1) is 0 Å². The molecule has 3 rings (SSSR count). The predicted molar refractivity (Wildman–Crippen MR) is 68.0 cm³/mol. The first kappa shape index (κ1) is 10.6. The lowest BCUT2D eigenvalue weighted by Crippen LogP contribution is -2.39. The minimum absolute atomic E-state index is 0.355. The molecular formula is C14H18ClN. The van der Waals surface area contributed by atoms with Crippen LogP contribution in [0.1, 0.15) is 37.7 Å². The number of halogens is 1. The maximum atomic E-state index is 6.28. The molecule has 0 heterocycles. The topological polar surface area (TPSA) is 12.0 Å². The third kappa shape index (κ3) is 1.87. The van der Waals surface area contributed by atoms with Gasteiger partial charge in [0, 0.05) is 23.0 Å². The third-order valence-electron chi connectivity index (χ3n) is 4.13. The number of hydrogen-bond acceptors (Lipinski definition) is 1. The summed E-state index contributed by atoms with van der Waals surface area (Å²) in [5.41, 5.74) is 1.71. The van der Waals surface area contributed by atoms with E-state index < -0.39 is 0 Å². The van der Waals surface area contributed by atoms with Crippen LogP contribution in [0.2, 0.25) is 5.02 Å². The molecule has 2 heteroatoms. The van der Waals surface area contributed by atoms with E-state index in [9.17, 15) is 0 Å². The molecule has 86 valence electrons. The number of hydrogen-bond donors (Lipinski definition) is 1. The number of benzene rings is 1. The smallest absolute Gasteiger partial charge is 0.0444 e. The van der Waals surface area contributed by atoms with Crippen molar-refractivity contribution in [1.82, 2.24) is 5.32 Å². The fraction of sp³-hybridized carbons (Fsp3) is 0.571. The summed E-state index contributed by atoms with van der Waals surface area (Å²) < 4.78 is 0. The highest BCUT2D eigenvalue weighted by molar-refractivity contribution is 6.31. The molecule has 1 aromatic carbocycles. The zero-order chi connectivity index (χ0) is 11.0. The maximum absolute atomic E-state index is 6.28. The van der Waals surface area contributed by atoms with E-state index in [1.165, 1.54) is 37.7 Å². The monoisotopic (exact) mass is 235 g/mol. The van der Waals surface area contributed by atoms with Crippen molar-refractivity contribution in [3.63, 3.8) is 0 Å². The van der Waals surface area contributed by atoms with Gasteiger partial charge in [-0.25, -0.2) is 0 Å². The van der Waals surface area contributed by atoms with Gasteiger partial charge in [0.25, 0.3) is 0 Å². The van der Waals surface area contributed by atoms with Crippen LogP contribution in [0, 0.1) is 0 Å². The second kappa shape index (κ2) is 4.05. The second-order valence-electron chi connectivity index (χ2n) is 5.27. The summed E-state index contributed by atoms with van der Waals surface area (Å²) in [5, 5.41) is 4.63. The Kier molecular flexibility index (Phi) is 2.68. The lowest BCUT2D eigenvalue weighted by atomic mass is 9.90. The number of nitrogens with one attached hydrogen (secondary N) is 1. The summed E-state index contributed by atoms with van der Waals surface area (Å²) in [6, 6.07) is 9.10. The molecule has 0 amide bonds. The highest BCUT2D eigenvalue weighted by Gasteiger charge is 2.45. The summed E-state index contributed by atoms with van der Waals surface area (Å²) in [5.74, 6) is 0. The Morgan fingerprint density at radius 1 is 1.25 bits per heavy atom. The molecule has 2 aliphatic carbocycles. The largest absolute Gasteiger partial charge is 0.313 e. The fourth-order valence-electron chi connectivity index (χ4n) is 2.54. The first-order chi connectivity index (χ1) is 7.80. The van der Waals surface area contributed by atoms with Gasteiger partial charge < -0.3 is 5.32 Å². The minimum Gasteiger partial charge on any atom is -0.313 e. The van der Waals surface area contributed by atoms with Crippen molar-refractivity contribution in [2.75, 3.05) is 6.54 Å². The van der Waals surface area contributed by atoms with E-state index in [4.69, 9.17) is 11.6 Å². The number of rotatable bonds is 4. The predicted octanol–water partition coefficient (Wildman–Crippen LogP) is 3.51. The Hall–Kier alpha value is -0.530. The van der Waals surface area contributed by atoms with Gasteiger partial charge in [-0.2, -0.15) is 0 Å². The van der Waals surface area contributed by atoms with E-state index in [0.717, 1.165) is 17.6 Å². The van der Waals surface area contributed by atoms with Crippen molar-refractivity contribution in [3.8, 4) is 0 Å². The first-order valence-electron chi connectivity index (χ1n) is 6.29. The van der Waals surface area contributed by atoms with Crippen LogP contribution in [0.25, 0.3) is 0 Å². The van der Waals surface area contributed by atoms with Gasteiger partial charge in [0.1, 0.15) is 0 Å². The summed E-state index contributed by atoms with van der Waals surface area (Å²) in [7, 11) is 0. The molecule has 2 aliphatic rings. The lowest BCUT2D eigenvalue weighted by molar-refractivity contribution is 0.328. The molecule has 1 nitrogen and oxygen atoms in total. The molecule has 0 atom stereocenters. The molecule has 0 aliphatic heterocycles. The van der Waals surface area contributed by atoms with Gasteiger partial charge in [0.05, 0.1) is 0 Å². The normalized spacial score (nSPS) is 22.8. The van der Waals surface area contributed by atoms with Crippen LogP contribution in [-0.2, 0) is 5.41 Å². The molecule has 0 radical (unpaired) electrons. The highest BCUT2D eigenvalue weighted by Crippen LogP contribution is 2.50. The Morgan fingerprint density at radius 3 is 2.56 bits per heavy atom. The molecule has 2 fully saturated rings. The molecule has 0 aromatic heterocycles. The van der Waals surface area contributed by atoms with Crippen LogP contribution in [-0.4, -0.2) is 12.6 Å². The lowest BCUT2D eigenvalue weighted by Gasteiger charge is -2.29. The van der Waals surface area contributed by atoms with E-state index in [1.807, 2.05) is 12.1 Å². The molecular weight excluding hydrogens is 218 g/mol. The van der Waals surface area contributed by atoms with Crippen LogP contribution < -0.4 is 5.32 Å². The van der Waals surface area contributed by atoms with E-state index in [1.54, 1.807) is 0 Å². The quantitative estimate of drug-likeness (QED) is 0.842. The summed E-state index contributed by atoms with van der Waals surface area (Å²) >= 11 is 6.28. The third-order valence-corrected chi connectivity index (χ3v) is 4.46. The summed E-state index contributed by atoms with van der Waals surface area (Å²) in [4.78, 5) is 0. The van der Waals surface area contributed by atoms with Gasteiger partial charge in [-0.05, 0) is 37.3 Å². The summed E-state index contributed by atoms with van der Waals surface area (Å²) in [6.45, 7) is 1.11. The average molecular weight is 236 g/mol. The van der Waals surface area contributed by atoms with Crippen LogP contribution in [0.3, 0.4) is 0 Å². The molecule has 0 bridgehead atoms. The molecule has 1 N–H and O–H groups in total. The molecule has 0 saturated heterocycles. The van der Waals surface area contributed by atoms with E-state index in [2.05, 4.69) is 17.4 Å². The van der Waals surface area contributed by atoms with Crippen molar-refractivity contribution in [3.05, 3.63) is 34.9 Å². The van der Waals surface area contributed by atoms with Gasteiger partial charge in [-0.1, -0.05) is 36.2 Å². The van der Waals surface area contributed by atoms with Crippen LogP contribution in [0.15, 0.2) is 24.3 Å². The Balaban J connectivity index is 1.70. The zero-order valence-corrected chi connectivity index (χ0v) is 10.3. The second-order valence-corrected chi connectivity index (χ2v) is 5.68. The fourth-order valence-corrected chi connectivity index (χ4v) is 2.87. The van der Waals surface area contributed by atoms with E-state index >= 15 is 0 Å².